The average molecular weight is 327 g/mol. The third kappa shape index (κ3) is 2.28. The van der Waals surface area contributed by atoms with Crippen LogP contribution in [0.1, 0.15) is 39.9 Å². The molecule has 0 radical (unpaired) electrons. The van der Waals surface area contributed by atoms with Crippen molar-refractivity contribution in [3.05, 3.63) is 76.9 Å². The van der Waals surface area contributed by atoms with Gasteiger partial charge in [-0.1, -0.05) is 24.3 Å². The van der Waals surface area contributed by atoms with Gasteiger partial charge in [0.25, 0.3) is 0 Å². The smallest absolute Gasteiger partial charge is 0.335 e. The Morgan fingerprint density at radius 2 is 1.92 bits per heavy atom. The number of nitrogens with one attached hydrogen (secondary N) is 1. The van der Waals surface area contributed by atoms with E-state index in [1.807, 2.05) is 12.2 Å². The van der Waals surface area contributed by atoms with Gasteiger partial charge in [-0.25, -0.2) is 13.6 Å². The molecule has 2 N–H and O–H groups in total. The first-order chi connectivity index (χ1) is 11.5. The van der Waals surface area contributed by atoms with Crippen LogP contribution in [0.25, 0.3) is 0 Å². The van der Waals surface area contributed by atoms with E-state index >= 15 is 0 Å². The Kier molecular flexibility index (Phi) is 3.37. The Balaban J connectivity index is 1.76. The zero-order valence-corrected chi connectivity index (χ0v) is 12.7. The maximum absolute atomic E-state index is 14.2. The topological polar surface area (TPSA) is 49.3 Å². The Bertz CT molecular complexity index is 845. The lowest BCUT2D eigenvalue weighted by molar-refractivity contribution is 0.0697. The van der Waals surface area contributed by atoms with Gasteiger partial charge in [-0.15, -0.1) is 0 Å². The number of carbonyl (C=O) groups is 1. The van der Waals surface area contributed by atoms with Crippen LogP contribution < -0.4 is 5.32 Å². The van der Waals surface area contributed by atoms with E-state index in [4.69, 9.17) is 5.11 Å². The molecule has 0 unspecified atom stereocenters. The average Bonchev–Trinajstić information content (AvgIpc) is 3.04. The van der Waals surface area contributed by atoms with Gasteiger partial charge in [0.2, 0.25) is 0 Å². The lowest BCUT2D eigenvalue weighted by Crippen LogP contribution is -2.30. The van der Waals surface area contributed by atoms with Gasteiger partial charge in [0.15, 0.2) is 0 Å². The van der Waals surface area contributed by atoms with E-state index in [1.165, 1.54) is 6.07 Å². The van der Waals surface area contributed by atoms with Crippen LogP contribution in [0.15, 0.2) is 48.6 Å². The molecular formula is C19H15F2NO2. The molecule has 2 aliphatic rings. The summed E-state index contributed by atoms with van der Waals surface area (Å²) in [7, 11) is 0. The summed E-state index contributed by atoms with van der Waals surface area (Å²) in [4.78, 5) is 11.0. The third-order valence-corrected chi connectivity index (χ3v) is 4.90. The fraction of sp³-hybridized carbons (Fsp3) is 0.211. The number of hydrogen-bond acceptors (Lipinski definition) is 2. The summed E-state index contributed by atoms with van der Waals surface area (Å²) in [6.45, 7) is 0. The van der Waals surface area contributed by atoms with Crippen molar-refractivity contribution in [3.8, 4) is 0 Å². The van der Waals surface area contributed by atoms with Gasteiger partial charge in [-0.05, 0) is 41.7 Å². The molecule has 5 heteroatoms. The van der Waals surface area contributed by atoms with E-state index in [1.54, 1.807) is 24.3 Å². The van der Waals surface area contributed by atoms with Crippen molar-refractivity contribution < 1.29 is 18.7 Å². The van der Waals surface area contributed by atoms with Crippen molar-refractivity contribution in [2.45, 2.75) is 18.4 Å². The third-order valence-electron chi connectivity index (χ3n) is 4.90. The Labute approximate surface area is 137 Å². The summed E-state index contributed by atoms with van der Waals surface area (Å²) in [6, 6.07) is 8.73. The van der Waals surface area contributed by atoms with Gasteiger partial charge in [-0.2, -0.15) is 0 Å². The van der Waals surface area contributed by atoms with Crippen LogP contribution in [0.4, 0.5) is 14.5 Å². The summed E-state index contributed by atoms with van der Waals surface area (Å²) in [5.74, 6) is -2.05. The minimum atomic E-state index is -0.981. The number of rotatable bonds is 2. The lowest BCUT2D eigenvalue weighted by Gasteiger charge is -2.37. The van der Waals surface area contributed by atoms with Gasteiger partial charge in [-0.3, -0.25) is 0 Å². The van der Waals surface area contributed by atoms with Crippen LogP contribution in [0, 0.1) is 17.6 Å². The fourth-order valence-corrected chi connectivity index (χ4v) is 3.78. The molecule has 0 fully saturated rings. The first-order valence-corrected chi connectivity index (χ1v) is 7.80. The molecule has 0 bridgehead atoms. The molecule has 1 aliphatic carbocycles. The first-order valence-electron chi connectivity index (χ1n) is 7.80. The molecular weight excluding hydrogens is 312 g/mol. The van der Waals surface area contributed by atoms with Crippen LogP contribution in [0.3, 0.4) is 0 Å². The van der Waals surface area contributed by atoms with Crippen LogP contribution >= 0.6 is 0 Å². The van der Waals surface area contributed by atoms with Crippen molar-refractivity contribution in [2.75, 3.05) is 5.32 Å². The molecule has 2 aromatic rings. The van der Waals surface area contributed by atoms with Gasteiger partial charge < -0.3 is 10.4 Å². The molecule has 4 rings (SSSR count). The highest BCUT2D eigenvalue weighted by Gasteiger charge is 2.39. The summed E-state index contributed by atoms with van der Waals surface area (Å²) in [5, 5.41) is 12.2. The zero-order valence-electron chi connectivity index (χ0n) is 12.7. The molecule has 3 nitrogen and oxygen atoms in total. The van der Waals surface area contributed by atoms with E-state index in [2.05, 4.69) is 5.32 Å². The Morgan fingerprint density at radius 1 is 1.17 bits per heavy atom. The monoisotopic (exact) mass is 327 g/mol. The van der Waals surface area contributed by atoms with E-state index < -0.39 is 17.6 Å². The van der Waals surface area contributed by atoms with E-state index in [-0.39, 0.29) is 23.4 Å². The van der Waals surface area contributed by atoms with Gasteiger partial charge in [0.05, 0.1) is 17.3 Å². The molecule has 0 saturated carbocycles. The van der Waals surface area contributed by atoms with Gasteiger partial charge >= 0.3 is 5.97 Å². The Hall–Kier alpha value is -2.69. The highest BCUT2D eigenvalue weighted by Crippen LogP contribution is 2.50. The molecule has 3 atom stereocenters. The van der Waals surface area contributed by atoms with Crippen LogP contribution in [-0.2, 0) is 0 Å². The van der Waals surface area contributed by atoms with E-state index in [0.717, 1.165) is 18.1 Å². The maximum atomic E-state index is 14.2. The van der Waals surface area contributed by atoms with Crippen molar-refractivity contribution in [1.82, 2.24) is 0 Å². The number of fused-ring (bicyclic) bond motifs is 3. The number of hydrogen-bond donors (Lipinski definition) is 2. The summed E-state index contributed by atoms with van der Waals surface area (Å²) < 4.78 is 27.8. The number of halogens is 2. The highest BCUT2D eigenvalue weighted by atomic mass is 19.1. The van der Waals surface area contributed by atoms with Crippen molar-refractivity contribution in [2.24, 2.45) is 5.92 Å². The molecule has 1 heterocycles. The second-order valence-electron chi connectivity index (χ2n) is 6.25. The molecule has 2 aromatic carbocycles. The summed E-state index contributed by atoms with van der Waals surface area (Å²) in [5.41, 5.74) is 2.08. The van der Waals surface area contributed by atoms with Crippen molar-refractivity contribution in [1.29, 1.82) is 0 Å². The quantitative estimate of drug-likeness (QED) is 0.799. The zero-order chi connectivity index (χ0) is 16.8. The molecule has 0 spiro atoms. The predicted octanol–water partition coefficient (Wildman–Crippen LogP) is 4.49. The minimum Gasteiger partial charge on any atom is -0.478 e. The molecule has 122 valence electrons. The summed E-state index contributed by atoms with van der Waals surface area (Å²) in [6.07, 6.45) is 4.84. The number of benzene rings is 2. The molecule has 0 aromatic heterocycles. The van der Waals surface area contributed by atoms with Crippen molar-refractivity contribution >= 4 is 11.7 Å². The second-order valence-corrected chi connectivity index (χ2v) is 6.25. The van der Waals surface area contributed by atoms with Crippen LogP contribution in [0.2, 0.25) is 0 Å². The number of carboxylic acid groups (broad SMARTS) is 1. The van der Waals surface area contributed by atoms with E-state index in [9.17, 15) is 13.6 Å². The fourth-order valence-electron chi connectivity index (χ4n) is 3.78. The number of anilines is 1. The number of carboxylic acids is 1. The predicted molar refractivity (Wildman–Crippen MR) is 86.1 cm³/mol. The summed E-state index contributed by atoms with van der Waals surface area (Å²) >= 11 is 0. The van der Waals surface area contributed by atoms with E-state index in [0.29, 0.717) is 11.3 Å². The number of aromatic carboxylic acids is 1. The molecule has 0 amide bonds. The largest absolute Gasteiger partial charge is 0.478 e. The van der Waals surface area contributed by atoms with Crippen LogP contribution in [0.5, 0.6) is 0 Å². The van der Waals surface area contributed by atoms with Gasteiger partial charge in [0.1, 0.15) is 11.6 Å². The molecule has 0 saturated heterocycles. The second kappa shape index (κ2) is 5.44. The van der Waals surface area contributed by atoms with Gasteiger partial charge in [0, 0.05) is 12.0 Å². The molecule has 24 heavy (non-hydrogen) atoms. The minimum absolute atomic E-state index is 0.0457. The highest BCUT2D eigenvalue weighted by molar-refractivity contribution is 5.87. The lowest BCUT2D eigenvalue weighted by atomic mass is 9.77. The van der Waals surface area contributed by atoms with Crippen molar-refractivity contribution in [3.63, 3.8) is 0 Å². The SMILES string of the molecule is O=C(O)c1ccc([C@@H]2Nc3c(F)cc(F)cc3[C@H]3C=CC[C@@H]32)cc1. The Morgan fingerprint density at radius 3 is 2.62 bits per heavy atom. The maximum Gasteiger partial charge on any atom is 0.335 e. The molecule has 1 aliphatic heterocycles. The first kappa shape index (κ1) is 14.9. The normalized spacial score (nSPS) is 24.2. The number of allylic oxidation sites excluding steroid dienone is 2. The van der Waals surface area contributed by atoms with Crippen LogP contribution in [-0.4, -0.2) is 11.1 Å². The standard InChI is InChI=1S/C19H15F2NO2/c20-12-8-15-13-2-1-3-14(13)17(22-18(15)16(21)9-12)10-4-6-11(7-5-10)19(23)24/h1-2,4-9,13-14,17,22H,3H2,(H,23,24)/t13-,14-,17-/m0/s1.